The molecule has 2 rings (SSSR count). The van der Waals surface area contributed by atoms with Gasteiger partial charge in [0.2, 0.25) is 0 Å². The summed E-state index contributed by atoms with van der Waals surface area (Å²) >= 11 is 0. The number of rotatable bonds is 4. The van der Waals surface area contributed by atoms with Gasteiger partial charge in [-0.3, -0.25) is 0 Å². The van der Waals surface area contributed by atoms with Crippen LogP contribution in [-0.4, -0.2) is 26.3 Å². The number of likely N-dealkylation sites (tertiary alicyclic amines) is 1. The average molecular weight is 264 g/mol. The predicted octanol–water partition coefficient (Wildman–Crippen LogP) is 2.05. The molecule has 1 fully saturated rings. The van der Waals surface area contributed by atoms with Crippen molar-refractivity contribution < 1.29 is 14.4 Å². The Hall–Kier alpha value is -1.22. The molecule has 3 nitrogen and oxygen atoms in total. The lowest BCUT2D eigenvalue weighted by Crippen LogP contribution is -3.18. The minimum absolute atomic E-state index is 0.722. The maximum Gasteiger partial charge on any atom is 0.127 e. The first-order valence-corrected chi connectivity index (χ1v) is 7.22. The van der Waals surface area contributed by atoms with Gasteiger partial charge >= 0.3 is 0 Å². The van der Waals surface area contributed by atoms with Crippen LogP contribution in [0.25, 0.3) is 0 Å². The van der Waals surface area contributed by atoms with Crippen LogP contribution in [0.1, 0.15) is 38.7 Å². The molecule has 0 aliphatic carbocycles. The second kappa shape index (κ2) is 6.29. The summed E-state index contributed by atoms with van der Waals surface area (Å²) in [7, 11) is 3.45. The lowest BCUT2D eigenvalue weighted by molar-refractivity contribution is -0.964. The van der Waals surface area contributed by atoms with Crippen LogP contribution < -0.4 is 14.4 Å². The Balaban J connectivity index is 2.20. The van der Waals surface area contributed by atoms with Crippen LogP contribution in [0.5, 0.6) is 11.5 Å². The van der Waals surface area contributed by atoms with Gasteiger partial charge in [0, 0.05) is 0 Å². The van der Waals surface area contributed by atoms with Gasteiger partial charge in [0.05, 0.1) is 31.9 Å². The van der Waals surface area contributed by atoms with Crippen LogP contribution in [-0.2, 0) is 6.54 Å². The number of benzene rings is 1. The number of hydrogen-bond acceptors (Lipinski definition) is 2. The molecule has 0 saturated carbocycles. The first-order chi connectivity index (χ1) is 9.15. The van der Waals surface area contributed by atoms with Crippen molar-refractivity contribution in [2.45, 2.75) is 51.7 Å². The number of methoxy groups -OCH3 is 2. The summed E-state index contributed by atoms with van der Waals surface area (Å²) in [5, 5.41) is 0. The van der Waals surface area contributed by atoms with E-state index in [1.165, 1.54) is 24.8 Å². The molecule has 0 aromatic heterocycles. The van der Waals surface area contributed by atoms with Crippen molar-refractivity contribution in [2.75, 3.05) is 14.2 Å². The average Bonchev–Trinajstić information content (AvgIpc) is 2.42. The molecule has 1 aliphatic heterocycles. The van der Waals surface area contributed by atoms with E-state index < -0.39 is 0 Å². The smallest absolute Gasteiger partial charge is 0.127 e. The van der Waals surface area contributed by atoms with E-state index in [-0.39, 0.29) is 0 Å². The second-order valence-corrected chi connectivity index (χ2v) is 5.66. The highest BCUT2D eigenvalue weighted by atomic mass is 16.5. The van der Waals surface area contributed by atoms with Gasteiger partial charge in [-0.2, -0.15) is 0 Å². The molecule has 0 radical (unpaired) electrons. The standard InChI is InChI=1S/C16H25NO2/c1-12-6-5-7-13(2)17(12)11-14-10-15(18-3)8-9-16(14)19-4/h8-10,12-13H,5-7,11H2,1-4H3/p+1. The molecule has 19 heavy (non-hydrogen) atoms. The number of hydrogen-bond donors (Lipinski definition) is 1. The first-order valence-electron chi connectivity index (χ1n) is 7.22. The van der Waals surface area contributed by atoms with Gasteiger partial charge in [0.15, 0.2) is 0 Å². The van der Waals surface area contributed by atoms with Crippen LogP contribution in [0.2, 0.25) is 0 Å². The van der Waals surface area contributed by atoms with E-state index in [0.717, 1.165) is 30.1 Å². The highest BCUT2D eigenvalue weighted by Crippen LogP contribution is 2.23. The van der Waals surface area contributed by atoms with Gasteiger partial charge in [-0.25, -0.2) is 0 Å². The quantitative estimate of drug-likeness (QED) is 0.899. The van der Waals surface area contributed by atoms with Crippen molar-refractivity contribution >= 4 is 0 Å². The lowest BCUT2D eigenvalue weighted by Gasteiger charge is -2.36. The maximum absolute atomic E-state index is 5.49. The van der Waals surface area contributed by atoms with Crippen LogP contribution in [0.3, 0.4) is 0 Å². The van der Waals surface area contributed by atoms with Crippen molar-refractivity contribution in [3.8, 4) is 11.5 Å². The highest BCUT2D eigenvalue weighted by Gasteiger charge is 2.29. The predicted molar refractivity (Wildman–Crippen MR) is 77.0 cm³/mol. The molecule has 106 valence electrons. The van der Waals surface area contributed by atoms with E-state index in [4.69, 9.17) is 9.47 Å². The van der Waals surface area contributed by atoms with E-state index in [1.54, 1.807) is 19.1 Å². The number of quaternary nitrogens is 1. The summed E-state index contributed by atoms with van der Waals surface area (Å²) < 4.78 is 10.8. The minimum Gasteiger partial charge on any atom is -0.497 e. The van der Waals surface area contributed by atoms with Gasteiger partial charge in [-0.1, -0.05) is 0 Å². The third-order valence-corrected chi connectivity index (χ3v) is 4.42. The van der Waals surface area contributed by atoms with Crippen molar-refractivity contribution in [1.82, 2.24) is 0 Å². The molecule has 0 bridgehead atoms. The Morgan fingerprint density at radius 1 is 1.11 bits per heavy atom. The Morgan fingerprint density at radius 3 is 2.37 bits per heavy atom. The van der Waals surface area contributed by atoms with E-state index in [2.05, 4.69) is 19.9 Å². The minimum atomic E-state index is 0.722. The van der Waals surface area contributed by atoms with Crippen molar-refractivity contribution in [3.63, 3.8) is 0 Å². The summed E-state index contributed by atoms with van der Waals surface area (Å²) in [5.41, 5.74) is 1.25. The van der Waals surface area contributed by atoms with E-state index >= 15 is 0 Å². The fourth-order valence-corrected chi connectivity index (χ4v) is 3.18. The fourth-order valence-electron chi connectivity index (χ4n) is 3.18. The molecule has 2 atom stereocenters. The summed E-state index contributed by atoms with van der Waals surface area (Å²) in [6.07, 6.45) is 4.01. The number of nitrogens with one attached hydrogen (secondary N) is 1. The fraction of sp³-hybridized carbons (Fsp3) is 0.625. The Kier molecular flexibility index (Phi) is 4.70. The molecule has 0 amide bonds. The second-order valence-electron chi connectivity index (χ2n) is 5.66. The number of ether oxygens (including phenoxy) is 2. The van der Waals surface area contributed by atoms with Gasteiger partial charge in [0.1, 0.15) is 18.0 Å². The zero-order chi connectivity index (χ0) is 13.8. The Bertz CT molecular complexity index is 409. The topological polar surface area (TPSA) is 22.9 Å². The molecule has 1 heterocycles. The Morgan fingerprint density at radius 2 is 1.79 bits per heavy atom. The zero-order valence-corrected chi connectivity index (χ0v) is 12.5. The molecule has 0 spiro atoms. The number of piperidine rings is 1. The summed E-state index contributed by atoms with van der Waals surface area (Å²) in [4.78, 5) is 1.66. The third-order valence-electron chi connectivity index (χ3n) is 4.42. The maximum atomic E-state index is 5.49. The molecule has 1 saturated heterocycles. The van der Waals surface area contributed by atoms with Gasteiger partial charge in [-0.15, -0.1) is 0 Å². The van der Waals surface area contributed by atoms with E-state index in [0.29, 0.717) is 0 Å². The summed E-state index contributed by atoms with van der Waals surface area (Å²) in [6, 6.07) is 7.52. The van der Waals surface area contributed by atoms with Gasteiger partial charge in [0.25, 0.3) is 0 Å². The van der Waals surface area contributed by atoms with Crippen LogP contribution >= 0.6 is 0 Å². The Labute approximate surface area is 116 Å². The zero-order valence-electron chi connectivity index (χ0n) is 12.5. The normalized spacial score (nSPS) is 27.1. The van der Waals surface area contributed by atoms with Crippen molar-refractivity contribution in [2.24, 2.45) is 0 Å². The van der Waals surface area contributed by atoms with Crippen LogP contribution in [0.4, 0.5) is 0 Å². The van der Waals surface area contributed by atoms with Gasteiger partial charge < -0.3 is 14.4 Å². The monoisotopic (exact) mass is 264 g/mol. The molecular formula is C16H26NO2+. The molecule has 1 aromatic rings. The lowest BCUT2D eigenvalue weighted by atomic mass is 9.96. The van der Waals surface area contributed by atoms with Crippen molar-refractivity contribution in [3.05, 3.63) is 23.8 Å². The third kappa shape index (κ3) is 3.21. The van der Waals surface area contributed by atoms with E-state index in [9.17, 15) is 0 Å². The largest absolute Gasteiger partial charge is 0.497 e. The molecule has 2 unspecified atom stereocenters. The first kappa shape index (κ1) is 14.2. The summed E-state index contributed by atoms with van der Waals surface area (Å²) in [5.74, 6) is 1.88. The van der Waals surface area contributed by atoms with Gasteiger partial charge in [-0.05, 0) is 51.3 Å². The van der Waals surface area contributed by atoms with Crippen LogP contribution in [0, 0.1) is 0 Å². The molecule has 1 N–H and O–H groups in total. The molecule has 1 aromatic carbocycles. The SMILES string of the molecule is COc1ccc(OC)c(C[NH+]2C(C)CCCC2C)c1. The van der Waals surface area contributed by atoms with Crippen molar-refractivity contribution in [1.29, 1.82) is 0 Å². The van der Waals surface area contributed by atoms with Crippen LogP contribution in [0.15, 0.2) is 18.2 Å². The van der Waals surface area contributed by atoms with E-state index in [1.807, 2.05) is 12.1 Å². The molecule has 3 heteroatoms. The molecule has 1 aliphatic rings. The molecular weight excluding hydrogens is 238 g/mol. The highest BCUT2D eigenvalue weighted by molar-refractivity contribution is 5.39. The summed E-state index contributed by atoms with van der Waals surface area (Å²) in [6.45, 7) is 5.73.